The maximum absolute atomic E-state index is 12.2. The Labute approximate surface area is 127 Å². The van der Waals surface area contributed by atoms with Gasteiger partial charge in [-0.2, -0.15) is 13.2 Å². The van der Waals surface area contributed by atoms with Crippen LogP contribution in [0, 0.1) is 5.92 Å². The molecule has 1 aliphatic rings. The van der Waals surface area contributed by atoms with Crippen LogP contribution in [-0.2, 0) is 4.79 Å². The van der Waals surface area contributed by atoms with Gasteiger partial charge in [-0.15, -0.1) is 0 Å². The Hall–Kier alpha value is -1.65. The van der Waals surface area contributed by atoms with Gasteiger partial charge in [0.25, 0.3) is 0 Å². The number of Topliss-reactive ketones (excluding diaryl/α,β-unsaturated/α-hetero) is 2. The van der Waals surface area contributed by atoms with E-state index in [0.717, 1.165) is 24.3 Å². The van der Waals surface area contributed by atoms with Gasteiger partial charge < -0.3 is 0 Å². The predicted molar refractivity (Wildman–Crippen MR) is 76.8 cm³/mol. The first kappa shape index (κ1) is 16.7. The molecule has 22 heavy (non-hydrogen) atoms. The molecule has 0 saturated heterocycles. The number of ketones is 2. The lowest BCUT2D eigenvalue weighted by Crippen LogP contribution is -2.25. The van der Waals surface area contributed by atoms with Gasteiger partial charge in [0.2, 0.25) is 5.78 Å². The Balaban J connectivity index is 1.99. The lowest BCUT2D eigenvalue weighted by Gasteiger charge is -2.26. The molecule has 120 valence electrons. The molecule has 1 aromatic rings. The van der Waals surface area contributed by atoms with Crippen molar-refractivity contribution in [3.63, 3.8) is 0 Å². The van der Waals surface area contributed by atoms with Crippen LogP contribution in [0.15, 0.2) is 24.3 Å². The van der Waals surface area contributed by atoms with Crippen LogP contribution in [0.5, 0.6) is 0 Å². The van der Waals surface area contributed by atoms with E-state index >= 15 is 0 Å². The van der Waals surface area contributed by atoms with Crippen LogP contribution in [0.2, 0.25) is 0 Å². The maximum Gasteiger partial charge on any atom is 0.450 e. The number of alkyl halides is 3. The highest BCUT2D eigenvalue weighted by Gasteiger charge is 2.39. The van der Waals surface area contributed by atoms with E-state index in [1.165, 1.54) is 25.0 Å². The zero-order valence-electron chi connectivity index (χ0n) is 12.5. The van der Waals surface area contributed by atoms with Gasteiger partial charge >= 0.3 is 6.18 Å². The lowest BCUT2D eigenvalue weighted by molar-refractivity contribution is -0.170. The fraction of sp³-hybridized carbons (Fsp3) is 0.529. The Morgan fingerprint density at radius 2 is 1.59 bits per heavy atom. The van der Waals surface area contributed by atoms with Crippen molar-refractivity contribution in [1.29, 1.82) is 0 Å². The first-order valence-electron chi connectivity index (χ1n) is 7.50. The van der Waals surface area contributed by atoms with E-state index in [-0.39, 0.29) is 5.56 Å². The van der Waals surface area contributed by atoms with Crippen LogP contribution in [-0.4, -0.2) is 17.7 Å². The number of carbonyl (C=O) groups excluding carboxylic acids is 2. The van der Waals surface area contributed by atoms with Crippen LogP contribution in [0.1, 0.15) is 60.9 Å². The molecule has 0 radical (unpaired) electrons. The molecule has 0 amide bonds. The molecule has 0 N–H and O–H groups in total. The van der Waals surface area contributed by atoms with Crippen molar-refractivity contribution in [1.82, 2.24) is 0 Å². The van der Waals surface area contributed by atoms with Crippen LogP contribution < -0.4 is 0 Å². The molecule has 0 aliphatic heterocycles. The summed E-state index contributed by atoms with van der Waals surface area (Å²) < 4.78 is 36.5. The van der Waals surface area contributed by atoms with Gasteiger partial charge in [-0.05, 0) is 30.2 Å². The second-order valence-electron chi connectivity index (χ2n) is 6.10. The Morgan fingerprint density at radius 1 is 1.05 bits per heavy atom. The highest BCUT2D eigenvalue weighted by atomic mass is 19.4. The standard InChI is InChI=1S/C17H19F3O2/c1-11-2-4-12(5-3-11)13-6-8-14(9-7-13)15(21)10-16(22)17(18,19)20/h6-9,11-12H,2-5,10H2,1H3. The first-order chi connectivity index (χ1) is 10.3. The molecular formula is C17H19F3O2. The SMILES string of the molecule is CC1CCC(c2ccc(C(=O)CC(=O)C(F)(F)F)cc2)CC1. The normalized spacial score (nSPS) is 22.4. The molecule has 2 rings (SSSR count). The minimum absolute atomic E-state index is 0.158. The zero-order chi connectivity index (χ0) is 16.3. The third kappa shape index (κ3) is 4.18. The summed E-state index contributed by atoms with van der Waals surface area (Å²) in [6.07, 6.45) is -1.53. The number of rotatable bonds is 4. The van der Waals surface area contributed by atoms with E-state index in [9.17, 15) is 22.8 Å². The third-order valence-corrected chi connectivity index (χ3v) is 4.36. The van der Waals surface area contributed by atoms with E-state index in [2.05, 4.69) is 6.92 Å². The summed E-state index contributed by atoms with van der Waals surface area (Å²) in [5, 5.41) is 0. The van der Waals surface area contributed by atoms with Crippen LogP contribution in [0.4, 0.5) is 13.2 Å². The number of hydrogen-bond acceptors (Lipinski definition) is 2. The van der Waals surface area contributed by atoms with Crippen molar-refractivity contribution in [2.24, 2.45) is 5.92 Å². The molecule has 1 saturated carbocycles. The molecule has 0 atom stereocenters. The Kier molecular flexibility index (Phi) is 5.04. The largest absolute Gasteiger partial charge is 0.450 e. The van der Waals surface area contributed by atoms with Gasteiger partial charge in [-0.1, -0.05) is 44.0 Å². The average Bonchev–Trinajstić information content (AvgIpc) is 2.47. The van der Waals surface area contributed by atoms with Crippen LogP contribution in [0.25, 0.3) is 0 Å². The minimum atomic E-state index is -4.95. The average molecular weight is 312 g/mol. The molecule has 1 aliphatic carbocycles. The molecule has 1 aromatic carbocycles. The first-order valence-corrected chi connectivity index (χ1v) is 7.50. The smallest absolute Gasteiger partial charge is 0.294 e. The summed E-state index contributed by atoms with van der Waals surface area (Å²) in [6, 6.07) is 6.65. The fourth-order valence-electron chi connectivity index (χ4n) is 2.88. The molecule has 0 bridgehead atoms. The van der Waals surface area contributed by atoms with Gasteiger partial charge in [0.1, 0.15) is 0 Å². The third-order valence-electron chi connectivity index (χ3n) is 4.36. The summed E-state index contributed by atoms with van der Waals surface area (Å²) in [6.45, 7) is 2.23. The topological polar surface area (TPSA) is 34.1 Å². The van der Waals surface area contributed by atoms with Crippen molar-refractivity contribution < 1.29 is 22.8 Å². The molecule has 5 heteroatoms. The van der Waals surface area contributed by atoms with Crippen molar-refractivity contribution in [2.45, 2.75) is 51.1 Å². The summed E-state index contributed by atoms with van der Waals surface area (Å²) >= 11 is 0. The number of carbonyl (C=O) groups is 2. The number of halogens is 3. The van der Waals surface area contributed by atoms with E-state index in [4.69, 9.17) is 0 Å². The maximum atomic E-state index is 12.2. The summed E-state index contributed by atoms with van der Waals surface area (Å²) in [5.74, 6) is -1.59. The second kappa shape index (κ2) is 6.63. The van der Waals surface area contributed by atoms with Crippen LogP contribution >= 0.6 is 0 Å². The summed E-state index contributed by atoms with van der Waals surface area (Å²) in [5.41, 5.74) is 1.27. The van der Waals surface area contributed by atoms with Gasteiger partial charge in [-0.25, -0.2) is 0 Å². The van der Waals surface area contributed by atoms with Crippen LogP contribution in [0.3, 0.4) is 0 Å². The zero-order valence-corrected chi connectivity index (χ0v) is 12.5. The van der Waals surface area contributed by atoms with Gasteiger partial charge in [-0.3, -0.25) is 9.59 Å². The highest BCUT2D eigenvalue weighted by molar-refractivity contribution is 6.09. The van der Waals surface area contributed by atoms with Crippen molar-refractivity contribution in [3.8, 4) is 0 Å². The number of benzene rings is 1. The van der Waals surface area contributed by atoms with E-state index < -0.39 is 24.2 Å². The van der Waals surface area contributed by atoms with Crippen molar-refractivity contribution in [3.05, 3.63) is 35.4 Å². The molecule has 1 fully saturated rings. The molecule has 2 nitrogen and oxygen atoms in total. The number of hydrogen-bond donors (Lipinski definition) is 0. The van der Waals surface area contributed by atoms with Crippen molar-refractivity contribution >= 4 is 11.6 Å². The van der Waals surface area contributed by atoms with E-state index in [0.29, 0.717) is 5.92 Å². The monoisotopic (exact) mass is 312 g/mol. The molecular weight excluding hydrogens is 293 g/mol. The fourth-order valence-corrected chi connectivity index (χ4v) is 2.88. The quantitative estimate of drug-likeness (QED) is 0.597. The van der Waals surface area contributed by atoms with Gasteiger partial charge in [0.05, 0.1) is 6.42 Å². The minimum Gasteiger partial charge on any atom is -0.294 e. The molecule has 0 heterocycles. The van der Waals surface area contributed by atoms with E-state index in [1.807, 2.05) is 0 Å². The van der Waals surface area contributed by atoms with Gasteiger partial charge in [0.15, 0.2) is 5.78 Å². The highest BCUT2D eigenvalue weighted by Crippen LogP contribution is 2.35. The van der Waals surface area contributed by atoms with E-state index in [1.54, 1.807) is 12.1 Å². The molecule has 0 spiro atoms. The summed E-state index contributed by atoms with van der Waals surface area (Å²) in [7, 11) is 0. The van der Waals surface area contributed by atoms with Gasteiger partial charge in [0, 0.05) is 5.56 Å². The van der Waals surface area contributed by atoms with Crippen molar-refractivity contribution in [2.75, 3.05) is 0 Å². The predicted octanol–water partition coefficient (Wildman–Crippen LogP) is 4.68. The summed E-state index contributed by atoms with van der Waals surface area (Å²) in [4.78, 5) is 22.6. The Morgan fingerprint density at radius 3 is 2.09 bits per heavy atom. The lowest BCUT2D eigenvalue weighted by atomic mass is 9.79. The molecule has 0 aromatic heterocycles. The second-order valence-corrected chi connectivity index (χ2v) is 6.10. The molecule has 0 unspecified atom stereocenters. The Bertz CT molecular complexity index is 538.